The lowest BCUT2D eigenvalue weighted by molar-refractivity contribution is 0.272. The number of hydrogen-bond acceptors (Lipinski definition) is 2. The van der Waals surface area contributed by atoms with E-state index in [2.05, 4.69) is 56.5 Å². The van der Waals surface area contributed by atoms with Crippen LogP contribution in [0.25, 0.3) is 0 Å². The van der Waals surface area contributed by atoms with Crippen molar-refractivity contribution in [3.63, 3.8) is 0 Å². The zero-order chi connectivity index (χ0) is 13.8. The number of nitrogens with one attached hydrogen (secondary N) is 1. The summed E-state index contributed by atoms with van der Waals surface area (Å²) in [5, 5.41) is 3.56. The van der Waals surface area contributed by atoms with Crippen LogP contribution in [0.1, 0.15) is 59.3 Å². The van der Waals surface area contributed by atoms with E-state index in [1.165, 1.54) is 6.42 Å². The van der Waals surface area contributed by atoms with E-state index in [1.807, 2.05) is 12.4 Å². The van der Waals surface area contributed by atoms with Crippen molar-refractivity contribution < 1.29 is 0 Å². The summed E-state index contributed by atoms with van der Waals surface area (Å²) in [6.45, 7) is 12.4. The molecule has 0 aliphatic rings. The quantitative estimate of drug-likeness (QED) is 0.838. The van der Waals surface area contributed by atoms with Crippen molar-refractivity contribution >= 4 is 0 Å². The van der Waals surface area contributed by atoms with Crippen molar-refractivity contribution in [3.8, 4) is 0 Å². The molecule has 2 unspecified atom stereocenters. The Morgan fingerprint density at radius 3 is 2.50 bits per heavy atom. The van der Waals surface area contributed by atoms with E-state index < -0.39 is 0 Å². The van der Waals surface area contributed by atoms with Crippen LogP contribution in [0.15, 0.2) is 12.4 Å². The lowest BCUT2D eigenvalue weighted by Crippen LogP contribution is -2.26. The molecular weight excluding hydrogens is 222 g/mol. The van der Waals surface area contributed by atoms with Crippen molar-refractivity contribution in [3.05, 3.63) is 18.2 Å². The number of imidazole rings is 1. The summed E-state index contributed by atoms with van der Waals surface area (Å²) in [6, 6.07) is 0.368. The average Bonchev–Trinajstić information content (AvgIpc) is 2.60. The molecule has 1 aromatic heterocycles. The van der Waals surface area contributed by atoms with Crippen molar-refractivity contribution in [2.45, 2.75) is 53.5 Å². The van der Waals surface area contributed by atoms with Crippen molar-refractivity contribution in [2.75, 3.05) is 6.54 Å². The fourth-order valence-electron chi connectivity index (χ4n) is 2.77. The molecule has 104 valence electrons. The van der Waals surface area contributed by atoms with E-state index in [0.717, 1.165) is 18.8 Å². The fraction of sp³-hybridized carbons (Fsp3) is 0.800. The lowest BCUT2D eigenvalue weighted by atomic mass is 9.83. The minimum absolute atomic E-state index is 0.368. The molecule has 18 heavy (non-hydrogen) atoms. The number of aromatic nitrogens is 2. The Balaban J connectivity index is 2.67. The Labute approximate surface area is 112 Å². The Morgan fingerprint density at radius 2 is 2.06 bits per heavy atom. The molecule has 0 aliphatic heterocycles. The highest BCUT2D eigenvalue weighted by molar-refractivity contribution is 4.99. The zero-order valence-electron chi connectivity index (χ0n) is 12.8. The highest BCUT2D eigenvalue weighted by atomic mass is 15.1. The third-order valence-electron chi connectivity index (χ3n) is 3.22. The van der Waals surface area contributed by atoms with Gasteiger partial charge in [-0.15, -0.1) is 0 Å². The highest BCUT2D eigenvalue weighted by Crippen LogP contribution is 2.29. The fourth-order valence-corrected chi connectivity index (χ4v) is 2.77. The van der Waals surface area contributed by atoms with Gasteiger partial charge >= 0.3 is 0 Å². The van der Waals surface area contributed by atoms with Gasteiger partial charge in [0.2, 0.25) is 0 Å². The van der Waals surface area contributed by atoms with Crippen molar-refractivity contribution in [1.29, 1.82) is 0 Å². The Bertz CT molecular complexity index is 349. The molecule has 1 N–H and O–H groups in total. The first kappa shape index (κ1) is 15.2. The summed E-state index contributed by atoms with van der Waals surface area (Å²) in [5.74, 6) is 1.85. The number of rotatable bonds is 6. The van der Waals surface area contributed by atoms with Gasteiger partial charge in [0.15, 0.2) is 0 Å². The van der Waals surface area contributed by atoms with E-state index in [0.29, 0.717) is 17.4 Å². The highest BCUT2D eigenvalue weighted by Gasteiger charge is 2.21. The van der Waals surface area contributed by atoms with E-state index >= 15 is 0 Å². The predicted octanol–water partition coefficient (Wildman–Crippen LogP) is 3.53. The molecule has 0 bridgehead atoms. The SMILES string of the molecule is CCNC(CC(C)CC(C)(C)C)c1nccn1C. The first-order valence-corrected chi connectivity index (χ1v) is 7.04. The van der Waals surface area contributed by atoms with Gasteiger partial charge in [0.25, 0.3) is 0 Å². The molecule has 1 rings (SSSR count). The maximum atomic E-state index is 4.48. The molecule has 3 nitrogen and oxygen atoms in total. The smallest absolute Gasteiger partial charge is 0.125 e. The monoisotopic (exact) mass is 251 g/mol. The number of hydrogen-bond donors (Lipinski definition) is 1. The maximum Gasteiger partial charge on any atom is 0.125 e. The number of aryl methyl sites for hydroxylation is 1. The lowest BCUT2D eigenvalue weighted by Gasteiger charge is -2.27. The van der Waals surface area contributed by atoms with Gasteiger partial charge < -0.3 is 9.88 Å². The van der Waals surface area contributed by atoms with Gasteiger partial charge in [-0.05, 0) is 30.7 Å². The van der Waals surface area contributed by atoms with Gasteiger partial charge in [-0.2, -0.15) is 0 Å². The van der Waals surface area contributed by atoms with Crippen LogP contribution < -0.4 is 5.32 Å². The second kappa shape index (κ2) is 6.37. The van der Waals surface area contributed by atoms with Crippen LogP contribution in [0, 0.1) is 11.3 Å². The topological polar surface area (TPSA) is 29.9 Å². The molecule has 0 saturated heterocycles. The Hall–Kier alpha value is -0.830. The molecular formula is C15H29N3. The summed E-state index contributed by atoms with van der Waals surface area (Å²) in [6.07, 6.45) is 6.30. The standard InChI is InChI=1S/C15H29N3/c1-7-16-13(14-17-8-9-18(14)6)10-12(2)11-15(3,4)5/h8-9,12-13,16H,7,10-11H2,1-6H3. The largest absolute Gasteiger partial charge is 0.337 e. The third kappa shape index (κ3) is 4.81. The summed E-state index contributed by atoms with van der Waals surface area (Å²) in [5.41, 5.74) is 0.401. The van der Waals surface area contributed by atoms with E-state index in [4.69, 9.17) is 0 Å². The molecule has 0 fully saturated rings. The zero-order valence-corrected chi connectivity index (χ0v) is 12.8. The van der Waals surface area contributed by atoms with Crippen LogP contribution in [0.5, 0.6) is 0 Å². The second-order valence-electron chi connectivity index (χ2n) is 6.61. The molecule has 3 heteroatoms. The summed E-state index contributed by atoms with van der Waals surface area (Å²) >= 11 is 0. The minimum atomic E-state index is 0.368. The molecule has 0 aliphatic carbocycles. The molecule has 0 spiro atoms. The minimum Gasteiger partial charge on any atom is -0.337 e. The maximum absolute atomic E-state index is 4.48. The van der Waals surface area contributed by atoms with E-state index in [-0.39, 0.29) is 0 Å². The van der Waals surface area contributed by atoms with Gasteiger partial charge in [-0.25, -0.2) is 4.98 Å². The van der Waals surface area contributed by atoms with Gasteiger partial charge in [0.1, 0.15) is 5.82 Å². The normalized spacial score (nSPS) is 15.7. The third-order valence-corrected chi connectivity index (χ3v) is 3.22. The van der Waals surface area contributed by atoms with Gasteiger partial charge in [-0.1, -0.05) is 34.6 Å². The molecule has 0 saturated carbocycles. The Morgan fingerprint density at radius 1 is 1.39 bits per heavy atom. The van der Waals surface area contributed by atoms with Crippen LogP contribution >= 0.6 is 0 Å². The van der Waals surface area contributed by atoms with Crippen molar-refractivity contribution in [2.24, 2.45) is 18.4 Å². The van der Waals surface area contributed by atoms with Crippen LogP contribution in [-0.2, 0) is 7.05 Å². The van der Waals surface area contributed by atoms with Crippen LogP contribution in [0.3, 0.4) is 0 Å². The van der Waals surface area contributed by atoms with Crippen LogP contribution in [0.4, 0.5) is 0 Å². The first-order valence-electron chi connectivity index (χ1n) is 7.04. The molecule has 1 aromatic rings. The van der Waals surface area contributed by atoms with Gasteiger partial charge in [0.05, 0.1) is 6.04 Å². The Kier molecular flexibility index (Phi) is 5.39. The predicted molar refractivity (Wildman–Crippen MR) is 77.5 cm³/mol. The second-order valence-corrected chi connectivity index (χ2v) is 6.61. The molecule has 0 amide bonds. The molecule has 2 atom stereocenters. The van der Waals surface area contributed by atoms with Gasteiger partial charge in [0, 0.05) is 19.4 Å². The molecule has 1 heterocycles. The van der Waals surface area contributed by atoms with Crippen LogP contribution in [0.2, 0.25) is 0 Å². The van der Waals surface area contributed by atoms with Crippen LogP contribution in [-0.4, -0.2) is 16.1 Å². The van der Waals surface area contributed by atoms with Gasteiger partial charge in [-0.3, -0.25) is 0 Å². The summed E-state index contributed by atoms with van der Waals surface area (Å²) in [4.78, 5) is 4.48. The van der Waals surface area contributed by atoms with E-state index in [9.17, 15) is 0 Å². The molecule has 0 aromatic carbocycles. The summed E-state index contributed by atoms with van der Waals surface area (Å²) < 4.78 is 2.12. The summed E-state index contributed by atoms with van der Waals surface area (Å²) in [7, 11) is 2.07. The van der Waals surface area contributed by atoms with Crippen molar-refractivity contribution in [1.82, 2.24) is 14.9 Å². The molecule has 0 radical (unpaired) electrons. The average molecular weight is 251 g/mol. The number of nitrogens with zero attached hydrogens (tertiary/aromatic N) is 2. The first-order chi connectivity index (χ1) is 8.33. The van der Waals surface area contributed by atoms with E-state index in [1.54, 1.807) is 0 Å².